The molecule has 46 heavy (non-hydrogen) atoms. The molecule has 0 bridgehead atoms. The van der Waals surface area contributed by atoms with Gasteiger partial charge in [0.2, 0.25) is 0 Å². The van der Waals surface area contributed by atoms with Crippen LogP contribution in [0.4, 0.5) is 23.7 Å². The van der Waals surface area contributed by atoms with Crippen LogP contribution in [0.5, 0.6) is 0 Å². The Bertz CT molecular complexity index is 1670. The smallest absolute Gasteiger partial charge is 0.416 e. The summed E-state index contributed by atoms with van der Waals surface area (Å²) in [6, 6.07) is 8.99. The summed E-state index contributed by atoms with van der Waals surface area (Å²) >= 11 is 0. The lowest BCUT2D eigenvalue weighted by Gasteiger charge is -2.47. The van der Waals surface area contributed by atoms with Crippen molar-refractivity contribution >= 4 is 23.7 Å². The highest BCUT2D eigenvalue weighted by Crippen LogP contribution is 2.43. The zero-order valence-corrected chi connectivity index (χ0v) is 26.7. The van der Waals surface area contributed by atoms with Crippen molar-refractivity contribution in [1.82, 2.24) is 19.7 Å². The molecule has 2 amide bonds. The minimum atomic E-state index is -4.76. The molecule has 1 aliphatic carbocycles. The fourth-order valence-corrected chi connectivity index (χ4v) is 6.22. The zero-order chi connectivity index (χ0) is 33.8. The largest absolute Gasteiger partial charge is 0.481 e. The van der Waals surface area contributed by atoms with Crippen molar-refractivity contribution in [2.75, 3.05) is 4.90 Å². The first-order valence-electron chi connectivity index (χ1n) is 15.1. The Morgan fingerprint density at radius 3 is 2.39 bits per heavy atom. The highest BCUT2D eigenvalue weighted by Gasteiger charge is 2.44. The fraction of sp³-hybridized carbons (Fsp3) is 0.485. The second kappa shape index (κ2) is 11.7. The molecule has 3 aromatic rings. The number of alkyl halides is 3. The topological polar surface area (TPSA) is 118 Å². The Hall–Kier alpha value is -4.42. The second-order valence-corrected chi connectivity index (χ2v) is 13.5. The number of rotatable bonds is 8. The Kier molecular flexibility index (Phi) is 8.41. The molecule has 2 unspecified atom stereocenters. The number of fused-ring (bicyclic) bond motifs is 1. The molecule has 13 heteroatoms. The second-order valence-electron chi connectivity index (χ2n) is 13.5. The van der Waals surface area contributed by atoms with Gasteiger partial charge in [-0.15, -0.1) is 10.2 Å². The van der Waals surface area contributed by atoms with Gasteiger partial charge in [0.05, 0.1) is 23.9 Å². The van der Waals surface area contributed by atoms with Gasteiger partial charge in [-0.2, -0.15) is 13.2 Å². The molecule has 2 aliphatic rings. The van der Waals surface area contributed by atoms with E-state index in [9.17, 15) is 32.7 Å². The molecule has 0 saturated heterocycles. The Balaban J connectivity index is 1.52. The number of aryl methyl sites for hydroxylation is 1. The first-order valence-corrected chi connectivity index (χ1v) is 15.1. The first kappa shape index (κ1) is 33.0. The molecule has 5 rings (SSSR count). The summed E-state index contributed by atoms with van der Waals surface area (Å²) in [5.74, 6) is -2.97. The van der Waals surface area contributed by atoms with E-state index in [0.717, 1.165) is 12.5 Å². The number of carbonyl (C=O) groups excluding carboxylic acids is 2. The van der Waals surface area contributed by atoms with Gasteiger partial charge < -0.3 is 19.3 Å². The van der Waals surface area contributed by atoms with Crippen LogP contribution in [0.15, 0.2) is 42.7 Å². The third kappa shape index (κ3) is 6.32. The van der Waals surface area contributed by atoms with Crippen LogP contribution in [0.2, 0.25) is 0 Å². The first-order chi connectivity index (χ1) is 21.4. The van der Waals surface area contributed by atoms with Crippen LogP contribution >= 0.6 is 0 Å². The van der Waals surface area contributed by atoms with Gasteiger partial charge in [0.25, 0.3) is 5.91 Å². The Morgan fingerprint density at radius 2 is 1.85 bits per heavy atom. The van der Waals surface area contributed by atoms with Crippen LogP contribution < -0.4 is 4.90 Å². The van der Waals surface area contributed by atoms with Gasteiger partial charge in [0.1, 0.15) is 17.8 Å². The summed E-state index contributed by atoms with van der Waals surface area (Å²) in [6.07, 6.45) is -1.69. The van der Waals surface area contributed by atoms with Crippen molar-refractivity contribution in [1.29, 1.82) is 0 Å². The molecule has 10 nitrogen and oxygen atoms in total. The van der Waals surface area contributed by atoms with Gasteiger partial charge in [0, 0.05) is 30.4 Å². The van der Waals surface area contributed by atoms with E-state index in [1.807, 2.05) is 6.92 Å². The standard InChI is InChI=1S/C33H38F3N5O5/c1-19(29(43)44)26(27-38-37-18-39(27)6)21-9-7-10-22(15-21)40-17-24-23(28(40)42)13-20(14-25(24)33(34,35)36)16-41(32(5)11-8-12-32)30(45)46-31(2,3)4/h7,9-10,13-15,18-19,26H,8,11-12,16-17H2,1-6H3,(H,43,44). The van der Waals surface area contributed by atoms with Crippen LogP contribution in [-0.2, 0) is 35.8 Å². The summed E-state index contributed by atoms with van der Waals surface area (Å²) in [5.41, 5.74) is -1.57. The van der Waals surface area contributed by atoms with Crippen molar-refractivity contribution in [3.8, 4) is 0 Å². The number of benzene rings is 2. The third-order valence-corrected chi connectivity index (χ3v) is 8.90. The number of aromatic nitrogens is 3. The number of aliphatic carboxylic acids is 1. The molecule has 1 fully saturated rings. The molecule has 2 heterocycles. The van der Waals surface area contributed by atoms with E-state index in [1.165, 1.54) is 29.1 Å². The average molecular weight is 642 g/mol. The molecular formula is C33H38F3N5O5. The lowest BCUT2D eigenvalue weighted by Crippen LogP contribution is -2.54. The number of carboxylic acids is 1. The normalized spacial score (nSPS) is 17.2. The zero-order valence-electron chi connectivity index (χ0n) is 26.7. The van der Waals surface area contributed by atoms with Gasteiger partial charge in [0.15, 0.2) is 0 Å². The number of amides is 2. The van der Waals surface area contributed by atoms with Crippen molar-refractivity contribution < 1.29 is 37.4 Å². The molecule has 2 atom stereocenters. The SMILES string of the molecule is CC(C(=O)O)C(c1cccc(N2Cc3c(cc(CN(C(=O)OC(C)(C)C)C4(C)CCC4)cc3C(F)(F)F)C2=O)c1)c1nncn1C. The van der Waals surface area contributed by atoms with Gasteiger partial charge in [-0.05, 0) is 87.9 Å². The van der Waals surface area contributed by atoms with Crippen LogP contribution in [-0.4, -0.2) is 53.9 Å². The van der Waals surface area contributed by atoms with Gasteiger partial charge >= 0.3 is 18.2 Å². The van der Waals surface area contributed by atoms with Crippen molar-refractivity contribution in [2.24, 2.45) is 13.0 Å². The maximum atomic E-state index is 14.5. The van der Waals surface area contributed by atoms with Crippen LogP contribution in [0.1, 0.15) is 98.2 Å². The average Bonchev–Trinajstić information content (AvgIpc) is 3.51. The Labute approximate surface area is 265 Å². The van der Waals surface area contributed by atoms with Crippen molar-refractivity contribution in [3.05, 3.63) is 76.4 Å². The van der Waals surface area contributed by atoms with E-state index < -0.39 is 52.7 Å². The van der Waals surface area contributed by atoms with Gasteiger partial charge in [-0.25, -0.2) is 4.79 Å². The van der Waals surface area contributed by atoms with Crippen molar-refractivity contribution in [3.63, 3.8) is 0 Å². The monoisotopic (exact) mass is 641 g/mol. The van der Waals surface area contributed by atoms with E-state index in [2.05, 4.69) is 10.2 Å². The van der Waals surface area contributed by atoms with E-state index in [1.54, 1.807) is 56.7 Å². The lowest BCUT2D eigenvalue weighted by molar-refractivity contribution is -0.141. The van der Waals surface area contributed by atoms with E-state index in [-0.39, 0.29) is 29.8 Å². The minimum Gasteiger partial charge on any atom is -0.481 e. The summed E-state index contributed by atoms with van der Waals surface area (Å²) < 4.78 is 50.8. The maximum absolute atomic E-state index is 14.5. The molecule has 1 saturated carbocycles. The highest BCUT2D eigenvalue weighted by molar-refractivity contribution is 6.10. The number of anilines is 1. The number of carboxylic acid groups (broad SMARTS) is 1. The number of nitrogens with zero attached hydrogens (tertiary/aromatic N) is 5. The fourth-order valence-electron chi connectivity index (χ4n) is 6.22. The molecule has 0 radical (unpaired) electrons. The Morgan fingerprint density at radius 1 is 1.15 bits per heavy atom. The lowest BCUT2D eigenvalue weighted by atomic mass is 9.77. The number of hydrogen-bond acceptors (Lipinski definition) is 6. The quantitative estimate of drug-likeness (QED) is 0.297. The molecule has 1 N–H and O–H groups in total. The maximum Gasteiger partial charge on any atom is 0.416 e. The summed E-state index contributed by atoms with van der Waals surface area (Å²) in [5, 5.41) is 17.8. The van der Waals surface area contributed by atoms with Gasteiger partial charge in [-0.3, -0.25) is 14.5 Å². The number of ether oxygens (including phenoxy) is 1. The number of carbonyl (C=O) groups is 3. The summed E-state index contributed by atoms with van der Waals surface area (Å²) in [7, 11) is 1.69. The molecule has 1 aliphatic heterocycles. The van der Waals surface area contributed by atoms with Gasteiger partial charge in [-0.1, -0.05) is 19.1 Å². The minimum absolute atomic E-state index is 0.0955. The van der Waals surface area contributed by atoms with E-state index in [4.69, 9.17) is 4.74 Å². The third-order valence-electron chi connectivity index (χ3n) is 8.90. The molecule has 0 spiro atoms. The van der Waals surface area contributed by atoms with Crippen LogP contribution in [0, 0.1) is 5.92 Å². The molecule has 246 valence electrons. The summed E-state index contributed by atoms with van der Waals surface area (Å²) in [4.78, 5) is 41.9. The van der Waals surface area contributed by atoms with Crippen LogP contribution in [0.3, 0.4) is 0 Å². The number of hydrogen-bond donors (Lipinski definition) is 1. The van der Waals surface area contributed by atoms with E-state index in [0.29, 0.717) is 29.9 Å². The predicted molar refractivity (Wildman–Crippen MR) is 162 cm³/mol. The molecule has 2 aromatic carbocycles. The highest BCUT2D eigenvalue weighted by atomic mass is 19.4. The van der Waals surface area contributed by atoms with Crippen molar-refractivity contribution in [2.45, 2.75) is 90.2 Å². The summed E-state index contributed by atoms with van der Waals surface area (Å²) in [6.45, 7) is 8.11. The van der Waals surface area contributed by atoms with Crippen LogP contribution in [0.25, 0.3) is 0 Å². The number of halogens is 3. The predicted octanol–water partition coefficient (Wildman–Crippen LogP) is 6.53. The van der Waals surface area contributed by atoms with E-state index >= 15 is 0 Å². The molecule has 1 aromatic heterocycles. The molecular weight excluding hydrogens is 603 g/mol.